The van der Waals surface area contributed by atoms with E-state index in [1.54, 1.807) is 0 Å². The number of benzene rings is 1. The van der Waals surface area contributed by atoms with Gasteiger partial charge in [-0.25, -0.2) is 0 Å². The average molecular weight is 469 g/mol. The Balaban J connectivity index is 3.61. The standard InChI is InChI=1S/C22H44GeN2O2Si/c1-10-24(11-2)17-20-15-14-16-21(18-25(12-3)13-4)22(20)23(26-5,27-6)19-28(7,8)9/h14-16H,10-13,17-19H2,1-9H3. The van der Waals surface area contributed by atoms with E-state index in [0.717, 1.165) is 44.1 Å². The van der Waals surface area contributed by atoms with Crippen molar-refractivity contribution in [3.05, 3.63) is 29.3 Å². The van der Waals surface area contributed by atoms with Crippen molar-refractivity contribution in [2.75, 3.05) is 40.4 Å². The minimum atomic E-state index is -3.16. The van der Waals surface area contributed by atoms with Crippen molar-refractivity contribution in [3.63, 3.8) is 0 Å². The molecule has 1 aromatic carbocycles. The Kier molecular flexibility index (Phi) is 11.0. The van der Waals surface area contributed by atoms with Crippen molar-refractivity contribution in [1.82, 2.24) is 9.80 Å². The van der Waals surface area contributed by atoms with E-state index >= 15 is 0 Å². The van der Waals surface area contributed by atoms with Crippen LogP contribution in [0.3, 0.4) is 0 Å². The third kappa shape index (κ3) is 6.96. The summed E-state index contributed by atoms with van der Waals surface area (Å²) in [7, 11) is 2.41. The van der Waals surface area contributed by atoms with E-state index in [1.165, 1.54) is 15.5 Å². The second-order valence-electron chi connectivity index (χ2n) is 8.77. The Morgan fingerprint density at radius 3 is 1.46 bits per heavy atom. The predicted octanol–water partition coefficient (Wildman–Crippen LogP) is 4.19. The Hall–Kier alpha value is -0.180. The van der Waals surface area contributed by atoms with Gasteiger partial charge in [0.15, 0.2) is 0 Å². The molecule has 162 valence electrons. The second-order valence-corrected chi connectivity index (χ2v) is 22.4. The predicted molar refractivity (Wildman–Crippen MR) is 127 cm³/mol. The van der Waals surface area contributed by atoms with E-state index in [-0.39, 0.29) is 0 Å². The molecule has 4 nitrogen and oxygen atoms in total. The Labute approximate surface area is 178 Å². The molecule has 0 amide bonds. The van der Waals surface area contributed by atoms with Gasteiger partial charge in [-0.3, -0.25) is 0 Å². The molecule has 0 aliphatic rings. The van der Waals surface area contributed by atoms with Gasteiger partial charge in [-0.1, -0.05) is 0 Å². The van der Waals surface area contributed by atoms with Crippen LogP contribution in [0.1, 0.15) is 38.8 Å². The van der Waals surface area contributed by atoms with E-state index in [4.69, 9.17) is 7.53 Å². The fourth-order valence-corrected chi connectivity index (χ4v) is 21.5. The van der Waals surface area contributed by atoms with Crippen molar-refractivity contribution >= 4 is 26.4 Å². The number of hydrogen-bond acceptors (Lipinski definition) is 4. The fourth-order valence-electron chi connectivity index (χ4n) is 4.00. The van der Waals surface area contributed by atoms with Crippen LogP contribution >= 0.6 is 0 Å². The summed E-state index contributed by atoms with van der Waals surface area (Å²) in [6.07, 6.45) is 0. The normalized spacial score (nSPS) is 13.0. The average Bonchev–Trinajstić information content (AvgIpc) is 2.67. The van der Waals surface area contributed by atoms with Crippen LogP contribution in [0.15, 0.2) is 18.2 Å². The zero-order chi connectivity index (χ0) is 21.4. The van der Waals surface area contributed by atoms with Crippen LogP contribution in [-0.4, -0.2) is 72.2 Å². The summed E-state index contributed by atoms with van der Waals surface area (Å²) in [6, 6.07) is 6.84. The summed E-state index contributed by atoms with van der Waals surface area (Å²) in [6.45, 7) is 22.5. The number of nitrogens with zero attached hydrogens (tertiary/aromatic N) is 2. The molecule has 0 atom stereocenters. The van der Waals surface area contributed by atoms with E-state index in [0.29, 0.717) is 0 Å². The molecule has 1 aromatic rings. The van der Waals surface area contributed by atoms with Crippen LogP contribution in [0.25, 0.3) is 0 Å². The number of hydrogen-bond donors (Lipinski definition) is 0. The molecule has 0 heterocycles. The molecule has 0 spiro atoms. The third-order valence-electron chi connectivity index (χ3n) is 5.62. The van der Waals surface area contributed by atoms with Crippen LogP contribution in [0.2, 0.25) is 24.5 Å². The first-order valence-electron chi connectivity index (χ1n) is 10.9. The molecule has 0 aliphatic carbocycles. The molecule has 0 radical (unpaired) electrons. The zero-order valence-electron chi connectivity index (χ0n) is 19.9. The van der Waals surface area contributed by atoms with Crippen LogP contribution in [0.4, 0.5) is 0 Å². The summed E-state index contributed by atoms with van der Waals surface area (Å²) < 4.78 is 14.2. The van der Waals surface area contributed by atoms with E-state index < -0.39 is 22.0 Å². The van der Waals surface area contributed by atoms with Gasteiger partial charge < -0.3 is 0 Å². The molecule has 0 bridgehead atoms. The van der Waals surface area contributed by atoms with Crippen molar-refractivity contribution in [2.24, 2.45) is 0 Å². The van der Waals surface area contributed by atoms with Gasteiger partial charge in [-0.2, -0.15) is 0 Å². The first-order valence-corrected chi connectivity index (χ1v) is 18.8. The number of rotatable bonds is 13. The van der Waals surface area contributed by atoms with Crippen molar-refractivity contribution in [2.45, 2.75) is 65.3 Å². The van der Waals surface area contributed by atoms with E-state index in [2.05, 4.69) is 75.3 Å². The SMILES string of the molecule is CCN(CC)Cc1cccc(CN(CC)CC)[c]1[Ge]([CH2][Si](C)(C)C)([O]C)[O]C. The first kappa shape index (κ1) is 25.9. The maximum atomic E-state index is 6.39. The van der Waals surface area contributed by atoms with Gasteiger partial charge in [-0.05, 0) is 0 Å². The summed E-state index contributed by atoms with van der Waals surface area (Å²) in [5.41, 5.74) is 2.82. The van der Waals surface area contributed by atoms with Crippen molar-refractivity contribution in [3.8, 4) is 0 Å². The quantitative estimate of drug-likeness (QED) is 0.405. The van der Waals surface area contributed by atoms with Gasteiger partial charge in [0.2, 0.25) is 0 Å². The van der Waals surface area contributed by atoms with Gasteiger partial charge in [-0.15, -0.1) is 0 Å². The van der Waals surface area contributed by atoms with Crippen LogP contribution in [0.5, 0.6) is 0 Å². The summed E-state index contributed by atoms with van der Waals surface area (Å²) >= 11 is -3.16. The zero-order valence-corrected chi connectivity index (χ0v) is 23.0. The van der Waals surface area contributed by atoms with Crippen LogP contribution in [-0.2, 0) is 20.6 Å². The van der Waals surface area contributed by atoms with Crippen LogP contribution in [0, 0.1) is 0 Å². The molecule has 6 heteroatoms. The third-order valence-corrected chi connectivity index (χ3v) is 22.5. The van der Waals surface area contributed by atoms with Gasteiger partial charge in [0.1, 0.15) is 0 Å². The molecule has 0 aliphatic heterocycles. The summed E-state index contributed by atoms with van der Waals surface area (Å²) in [5, 5.41) is 0. The minimum absolute atomic E-state index is 0.972. The molecule has 0 aromatic heterocycles. The molecular formula is C22H44GeN2O2Si. The second kappa shape index (κ2) is 11.9. The van der Waals surface area contributed by atoms with Crippen LogP contribution < -0.4 is 4.40 Å². The fraction of sp³-hybridized carbons (Fsp3) is 0.727. The first-order chi connectivity index (χ1) is 13.2. The maximum absolute atomic E-state index is 6.39. The van der Waals surface area contributed by atoms with Gasteiger partial charge in [0.05, 0.1) is 0 Å². The summed E-state index contributed by atoms with van der Waals surface area (Å²) in [5.74, 6) is 0. The van der Waals surface area contributed by atoms with Gasteiger partial charge in [0, 0.05) is 0 Å². The molecule has 28 heavy (non-hydrogen) atoms. The molecule has 1 rings (SSSR count). The monoisotopic (exact) mass is 470 g/mol. The molecular weight excluding hydrogens is 425 g/mol. The molecule has 0 N–H and O–H groups in total. The Morgan fingerprint density at radius 2 is 1.18 bits per heavy atom. The van der Waals surface area contributed by atoms with Crippen molar-refractivity contribution in [1.29, 1.82) is 0 Å². The van der Waals surface area contributed by atoms with Gasteiger partial charge >= 0.3 is 179 Å². The van der Waals surface area contributed by atoms with Crippen molar-refractivity contribution < 1.29 is 7.53 Å². The Morgan fingerprint density at radius 1 is 0.786 bits per heavy atom. The molecule has 0 fully saturated rings. The molecule has 0 saturated carbocycles. The van der Waals surface area contributed by atoms with Gasteiger partial charge in [0.25, 0.3) is 0 Å². The van der Waals surface area contributed by atoms with E-state index in [9.17, 15) is 0 Å². The summed E-state index contributed by atoms with van der Waals surface area (Å²) in [4.78, 5) is 6.11. The topological polar surface area (TPSA) is 24.9 Å². The Bertz CT molecular complexity index is 548. The molecule has 0 saturated heterocycles. The van der Waals surface area contributed by atoms with E-state index in [1.807, 2.05) is 14.2 Å². The molecule has 0 unspecified atom stereocenters.